The molecule has 3 aromatic rings. The predicted octanol–water partition coefficient (Wildman–Crippen LogP) is 1.53. The maximum absolute atomic E-state index is 12.4. The van der Waals surface area contributed by atoms with Gasteiger partial charge in [-0.05, 0) is 24.3 Å². The second kappa shape index (κ2) is 4.73. The SMILES string of the molecule is O=C(c1ccc2[nH]ccc2c1)N1CC(Cn2ccnn2)C1. The second-order valence-corrected chi connectivity index (χ2v) is 5.48. The Morgan fingerprint density at radius 1 is 1.33 bits per heavy atom. The standard InChI is InChI=1S/C15H15N5O/c21-15(13-1-2-14-12(7-13)3-4-16-14)19-8-11(9-19)10-20-6-5-17-18-20/h1-7,11,16H,8-10H2. The van der Waals surface area contributed by atoms with E-state index in [4.69, 9.17) is 0 Å². The highest BCUT2D eigenvalue weighted by molar-refractivity contribution is 5.98. The minimum Gasteiger partial charge on any atom is -0.361 e. The smallest absolute Gasteiger partial charge is 0.253 e. The lowest BCUT2D eigenvalue weighted by molar-refractivity contribution is 0.0460. The highest BCUT2D eigenvalue weighted by Crippen LogP contribution is 2.22. The van der Waals surface area contributed by atoms with Gasteiger partial charge in [-0.15, -0.1) is 5.10 Å². The minimum absolute atomic E-state index is 0.105. The van der Waals surface area contributed by atoms with Crippen molar-refractivity contribution in [2.45, 2.75) is 6.54 Å². The maximum Gasteiger partial charge on any atom is 0.253 e. The number of carbonyl (C=O) groups is 1. The number of hydrogen-bond acceptors (Lipinski definition) is 3. The number of rotatable bonds is 3. The molecule has 2 aromatic heterocycles. The highest BCUT2D eigenvalue weighted by Gasteiger charge is 2.31. The molecular weight excluding hydrogens is 266 g/mol. The molecular formula is C15H15N5O. The number of carbonyl (C=O) groups excluding carboxylic acids is 1. The summed E-state index contributed by atoms with van der Waals surface area (Å²) in [7, 11) is 0. The third-order valence-electron chi connectivity index (χ3n) is 3.96. The molecule has 6 heteroatoms. The Morgan fingerprint density at radius 3 is 3.05 bits per heavy atom. The van der Waals surface area contributed by atoms with Gasteiger partial charge in [0.05, 0.1) is 6.20 Å². The fraction of sp³-hybridized carbons (Fsp3) is 0.267. The Kier molecular flexibility index (Phi) is 2.73. The Morgan fingerprint density at radius 2 is 2.24 bits per heavy atom. The average Bonchev–Trinajstić information content (AvgIpc) is 3.11. The Balaban J connectivity index is 1.42. The van der Waals surface area contributed by atoms with Crippen molar-refractivity contribution in [3.05, 3.63) is 48.4 Å². The van der Waals surface area contributed by atoms with Gasteiger partial charge in [0.1, 0.15) is 0 Å². The molecule has 1 amide bonds. The van der Waals surface area contributed by atoms with Crippen LogP contribution < -0.4 is 0 Å². The molecule has 106 valence electrons. The molecule has 4 rings (SSSR count). The Bertz CT molecular complexity index is 770. The number of nitrogens with zero attached hydrogens (tertiary/aromatic N) is 4. The molecule has 0 atom stereocenters. The van der Waals surface area contributed by atoms with Crippen LogP contribution in [0, 0.1) is 5.92 Å². The molecule has 1 aliphatic rings. The first-order valence-corrected chi connectivity index (χ1v) is 7.00. The first kappa shape index (κ1) is 12.1. The molecule has 1 aromatic carbocycles. The molecule has 1 saturated heterocycles. The topological polar surface area (TPSA) is 66.8 Å². The summed E-state index contributed by atoms with van der Waals surface area (Å²) in [5.74, 6) is 0.569. The molecule has 3 heterocycles. The van der Waals surface area contributed by atoms with E-state index in [0.717, 1.165) is 36.1 Å². The molecule has 0 aliphatic carbocycles. The van der Waals surface area contributed by atoms with E-state index < -0.39 is 0 Å². The van der Waals surface area contributed by atoms with Crippen LogP contribution in [-0.2, 0) is 6.54 Å². The van der Waals surface area contributed by atoms with Gasteiger partial charge < -0.3 is 9.88 Å². The Labute approximate surface area is 121 Å². The number of H-pyrrole nitrogens is 1. The Hall–Kier alpha value is -2.63. The number of fused-ring (bicyclic) bond motifs is 1. The van der Waals surface area contributed by atoms with E-state index in [0.29, 0.717) is 5.92 Å². The highest BCUT2D eigenvalue weighted by atomic mass is 16.2. The van der Waals surface area contributed by atoms with Gasteiger partial charge in [-0.2, -0.15) is 0 Å². The van der Waals surface area contributed by atoms with Crippen molar-refractivity contribution in [3.8, 4) is 0 Å². The van der Waals surface area contributed by atoms with Crippen molar-refractivity contribution >= 4 is 16.8 Å². The molecule has 1 N–H and O–H groups in total. The molecule has 0 spiro atoms. The second-order valence-electron chi connectivity index (χ2n) is 5.48. The predicted molar refractivity (Wildman–Crippen MR) is 77.7 cm³/mol. The van der Waals surface area contributed by atoms with Crippen LogP contribution in [0.25, 0.3) is 10.9 Å². The normalized spacial score (nSPS) is 15.3. The largest absolute Gasteiger partial charge is 0.361 e. The van der Waals surface area contributed by atoms with Crippen LogP contribution in [0.5, 0.6) is 0 Å². The van der Waals surface area contributed by atoms with Crippen LogP contribution in [0.3, 0.4) is 0 Å². The molecule has 0 saturated carbocycles. The van der Waals surface area contributed by atoms with Crippen molar-refractivity contribution < 1.29 is 4.79 Å². The lowest BCUT2D eigenvalue weighted by Crippen LogP contribution is -2.51. The third kappa shape index (κ3) is 2.18. The number of amides is 1. The fourth-order valence-corrected chi connectivity index (χ4v) is 2.81. The molecule has 0 bridgehead atoms. The molecule has 6 nitrogen and oxygen atoms in total. The van der Waals surface area contributed by atoms with Gasteiger partial charge in [-0.3, -0.25) is 9.48 Å². The summed E-state index contributed by atoms with van der Waals surface area (Å²) < 4.78 is 1.82. The van der Waals surface area contributed by atoms with Gasteiger partial charge in [0, 0.05) is 54.4 Å². The average molecular weight is 281 g/mol. The van der Waals surface area contributed by atoms with Crippen LogP contribution in [0.15, 0.2) is 42.9 Å². The zero-order valence-electron chi connectivity index (χ0n) is 11.4. The molecule has 1 aliphatic heterocycles. The van der Waals surface area contributed by atoms with Gasteiger partial charge >= 0.3 is 0 Å². The van der Waals surface area contributed by atoms with E-state index in [1.807, 2.05) is 46.2 Å². The van der Waals surface area contributed by atoms with Crippen LogP contribution in [0.1, 0.15) is 10.4 Å². The summed E-state index contributed by atoms with van der Waals surface area (Å²) in [6.45, 7) is 2.38. The van der Waals surface area contributed by atoms with Crippen molar-refractivity contribution in [2.24, 2.45) is 5.92 Å². The number of aromatic nitrogens is 4. The quantitative estimate of drug-likeness (QED) is 0.791. The van der Waals surface area contributed by atoms with E-state index >= 15 is 0 Å². The number of likely N-dealkylation sites (tertiary alicyclic amines) is 1. The van der Waals surface area contributed by atoms with E-state index in [1.165, 1.54) is 0 Å². The van der Waals surface area contributed by atoms with Crippen LogP contribution in [0.2, 0.25) is 0 Å². The van der Waals surface area contributed by atoms with Crippen molar-refractivity contribution in [1.29, 1.82) is 0 Å². The summed E-state index contributed by atoms with van der Waals surface area (Å²) in [5.41, 5.74) is 1.81. The van der Waals surface area contributed by atoms with E-state index in [2.05, 4.69) is 15.3 Å². The van der Waals surface area contributed by atoms with E-state index in [9.17, 15) is 4.79 Å². The van der Waals surface area contributed by atoms with E-state index in [1.54, 1.807) is 6.20 Å². The summed E-state index contributed by atoms with van der Waals surface area (Å²) in [6, 6.07) is 7.76. The maximum atomic E-state index is 12.4. The summed E-state index contributed by atoms with van der Waals surface area (Å²) in [4.78, 5) is 17.4. The lowest BCUT2D eigenvalue weighted by atomic mass is 9.98. The van der Waals surface area contributed by atoms with Gasteiger partial charge in [-0.1, -0.05) is 5.21 Å². The number of benzene rings is 1. The molecule has 1 fully saturated rings. The molecule has 0 unspecified atom stereocenters. The molecule has 21 heavy (non-hydrogen) atoms. The number of nitrogens with one attached hydrogen (secondary N) is 1. The zero-order valence-corrected chi connectivity index (χ0v) is 11.4. The first-order chi connectivity index (χ1) is 10.3. The first-order valence-electron chi connectivity index (χ1n) is 7.00. The zero-order chi connectivity index (χ0) is 14.2. The van der Waals surface area contributed by atoms with Crippen LogP contribution in [0.4, 0.5) is 0 Å². The van der Waals surface area contributed by atoms with Gasteiger partial charge in [0.25, 0.3) is 5.91 Å². The van der Waals surface area contributed by atoms with Gasteiger partial charge in [0.15, 0.2) is 0 Å². The van der Waals surface area contributed by atoms with Gasteiger partial charge in [-0.25, -0.2) is 0 Å². The third-order valence-corrected chi connectivity index (χ3v) is 3.96. The van der Waals surface area contributed by atoms with Gasteiger partial charge in [0.2, 0.25) is 0 Å². The van der Waals surface area contributed by atoms with Crippen molar-refractivity contribution in [2.75, 3.05) is 13.1 Å². The lowest BCUT2D eigenvalue weighted by Gasteiger charge is -2.39. The minimum atomic E-state index is 0.105. The summed E-state index contributed by atoms with van der Waals surface area (Å²) in [5, 5.41) is 8.81. The number of aromatic amines is 1. The van der Waals surface area contributed by atoms with E-state index in [-0.39, 0.29) is 5.91 Å². The van der Waals surface area contributed by atoms with Crippen LogP contribution in [-0.4, -0.2) is 43.9 Å². The monoisotopic (exact) mass is 281 g/mol. The van der Waals surface area contributed by atoms with Crippen molar-refractivity contribution in [1.82, 2.24) is 24.9 Å². The summed E-state index contributed by atoms with van der Waals surface area (Å²) >= 11 is 0. The van der Waals surface area contributed by atoms with Crippen molar-refractivity contribution in [3.63, 3.8) is 0 Å². The summed E-state index contributed by atoms with van der Waals surface area (Å²) in [6.07, 6.45) is 5.41. The molecule has 0 radical (unpaired) electrons. The number of hydrogen-bond donors (Lipinski definition) is 1. The fourth-order valence-electron chi connectivity index (χ4n) is 2.81. The van der Waals surface area contributed by atoms with Crippen LogP contribution >= 0.6 is 0 Å².